The number of aryl methyl sites for hydroxylation is 1. The fourth-order valence-electron chi connectivity index (χ4n) is 1.65. The summed E-state index contributed by atoms with van der Waals surface area (Å²) >= 11 is 1.49. The van der Waals surface area contributed by atoms with Crippen LogP contribution in [-0.2, 0) is 0 Å². The maximum Gasteiger partial charge on any atom is 0.337 e. The van der Waals surface area contributed by atoms with Gasteiger partial charge < -0.3 is 5.11 Å². The van der Waals surface area contributed by atoms with E-state index in [-0.39, 0.29) is 5.56 Å². The van der Waals surface area contributed by atoms with Crippen LogP contribution >= 0.6 is 11.3 Å². The van der Waals surface area contributed by atoms with Gasteiger partial charge in [-0.1, -0.05) is 0 Å². The van der Waals surface area contributed by atoms with E-state index in [9.17, 15) is 4.79 Å². The summed E-state index contributed by atoms with van der Waals surface area (Å²) in [5.74, 6) is -0.365. The predicted molar refractivity (Wildman–Crippen MR) is 65.8 cm³/mol. The lowest BCUT2D eigenvalue weighted by Gasteiger charge is -1.98. The fourth-order valence-corrected chi connectivity index (χ4v) is 2.41. The zero-order valence-electron chi connectivity index (χ0n) is 9.36. The van der Waals surface area contributed by atoms with E-state index in [4.69, 9.17) is 5.11 Å². The zero-order valence-corrected chi connectivity index (χ0v) is 10.2. The first-order chi connectivity index (χ1) is 8.65. The molecule has 6 nitrogen and oxygen atoms in total. The van der Waals surface area contributed by atoms with Crippen LogP contribution in [0.4, 0.5) is 0 Å². The summed E-state index contributed by atoms with van der Waals surface area (Å²) in [6, 6.07) is 3.14. The van der Waals surface area contributed by atoms with Gasteiger partial charge in [0.15, 0.2) is 11.5 Å². The second-order valence-electron chi connectivity index (χ2n) is 3.72. The minimum absolute atomic E-state index is 0.199. The standard InChI is InChI=1S/C11H8N4O2S/c1-6-12-4-8(18-6)10-14-13-9-3-2-7(11(16)17)5-15(9)10/h2-5H,1H3,(H,16,17). The molecule has 0 saturated carbocycles. The Kier molecular flexibility index (Phi) is 2.34. The van der Waals surface area contributed by atoms with Crippen molar-refractivity contribution in [1.82, 2.24) is 19.6 Å². The van der Waals surface area contributed by atoms with Gasteiger partial charge in [-0.2, -0.15) is 0 Å². The van der Waals surface area contributed by atoms with Crippen LogP contribution in [0.5, 0.6) is 0 Å². The molecule has 0 aromatic carbocycles. The molecule has 0 aliphatic heterocycles. The van der Waals surface area contributed by atoms with Gasteiger partial charge in [-0.05, 0) is 19.1 Å². The molecule has 1 N–H and O–H groups in total. The van der Waals surface area contributed by atoms with Gasteiger partial charge in [0, 0.05) is 12.4 Å². The van der Waals surface area contributed by atoms with E-state index in [0.717, 1.165) is 9.88 Å². The van der Waals surface area contributed by atoms with Crippen LogP contribution in [0.1, 0.15) is 15.4 Å². The van der Waals surface area contributed by atoms with E-state index >= 15 is 0 Å². The molecule has 0 unspecified atom stereocenters. The maximum absolute atomic E-state index is 11.0. The third kappa shape index (κ3) is 1.65. The number of carbonyl (C=O) groups is 1. The number of nitrogens with zero attached hydrogens (tertiary/aromatic N) is 4. The topological polar surface area (TPSA) is 80.4 Å². The third-order valence-corrected chi connectivity index (χ3v) is 3.40. The molecule has 0 aliphatic carbocycles. The van der Waals surface area contributed by atoms with Crippen molar-refractivity contribution in [2.75, 3.05) is 0 Å². The quantitative estimate of drug-likeness (QED) is 0.760. The fraction of sp³-hybridized carbons (Fsp3) is 0.0909. The van der Waals surface area contributed by atoms with E-state index in [1.807, 2.05) is 6.92 Å². The number of aromatic nitrogens is 4. The molecule has 0 radical (unpaired) electrons. The van der Waals surface area contributed by atoms with Gasteiger partial charge in [-0.15, -0.1) is 21.5 Å². The molecule has 3 aromatic heterocycles. The largest absolute Gasteiger partial charge is 0.478 e. The van der Waals surface area contributed by atoms with Crippen molar-refractivity contribution in [2.24, 2.45) is 0 Å². The molecule has 0 spiro atoms. The van der Waals surface area contributed by atoms with E-state index < -0.39 is 5.97 Å². The second-order valence-corrected chi connectivity index (χ2v) is 4.95. The van der Waals surface area contributed by atoms with Crippen molar-refractivity contribution in [3.05, 3.63) is 35.1 Å². The number of fused-ring (bicyclic) bond motifs is 1. The molecular formula is C11H8N4O2S. The molecule has 18 heavy (non-hydrogen) atoms. The Morgan fingerprint density at radius 2 is 2.22 bits per heavy atom. The van der Waals surface area contributed by atoms with E-state index in [2.05, 4.69) is 15.2 Å². The molecule has 3 heterocycles. The van der Waals surface area contributed by atoms with Crippen molar-refractivity contribution < 1.29 is 9.90 Å². The van der Waals surface area contributed by atoms with Crippen LogP contribution in [0.25, 0.3) is 16.3 Å². The summed E-state index contributed by atoms with van der Waals surface area (Å²) in [5.41, 5.74) is 0.811. The molecule has 0 atom stereocenters. The van der Waals surface area contributed by atoms with Crippen LogP contribution in [0.15, 0.2) is 24.5 Å². The summed E-state index contributed by atoms with van der Waals surface area (Å²) in [7, 11) is 0. The average molecular weight is 260 g/mol. The van der Waals surface area contributed by atoms with Gasteiger partial charge in [0.1, 0.15) is 0 Å². The molecule has 7 heteroatoms. The average Bonchev–Trinajstić information content (AvgIpc) is 2.93. The number of hydrogen-bond acceptors (Lipinski definition) is 5. The Labute approximate surface area is 106 Å². The monoisotopic (exact) mass is 260 g/mol. The lowest BCUT2D eigenvalue weighted by atomic mass is 10.3. The Hall–Kier alpha value is -2.28. The number of rotatable bonds is 2. The molecule has 90 valence electrons. The molecule has 0 aliphatic rings. The van der Waals surface area contributed by atoms with Crippen LogP contribution < -0.4 is 0 Å². The van der Waals surface area contributed by atoms with Gasteiger partial charge in [0.05, 0.1) is 15.4 Å². The Balaban J connectivity index is 2.23. The molecule has 3 aromatic rings. The highest BCUT2D eigenvalue weighted by atomic mass is 32.1. The summed E-state index contributed by atoms with van der Waals surface area (Å²) in [5, 5.41) is 18.0. The van der Waals surface area contributed by atoms with Gasteiger partial charge >= 0.3 is 5.97 Å². The van der Waals surface area contributed by atoms with E-state index in [1.54, 1.807) is 16.7 Å². The number of aromatic carboxylic acids is 1. The lowest BCUT2D eigenvalue weighted by Crippen LogP contribution is -1.99. The number of carboxylic acids is 1. The number of hydrogen-bond donors (Lipinski definition) is 1. The highest BCUT2D eigenvalue weighted by Crippen LogP contribution is 2.24. The molecule has 0 bridgehead atoms. The number of carboxylic acid groups (broad SMARTS) is 1. The van der Waals surface area contributed by atoms with Crippen LogP contribution in [-0.4, -0.2) is 30.7 Å². The minimum atomic E-state index is -0.975. The van der Waals surface area contributed by atoms with Crippen LogP contribution in [0, 0.1) is 6.92 Å². The number of thiazole rings is 1. The third-order valence-electron chi connectivity index (χ3n) is 2.49. The van der Waals surface area contributed by atoms with Gasteiger partial charge in [-0.3, -0.25) is 4.40 Å². The van der Waals surface area contributed by atoms with E-state index in [0.29, 0.717) is 11.5 Å². The minimum Gasteiger partial charge on any atom is -0.478 e. The summed E-state index contributed by atoms with van der Waals surface area (Å²) in [4.78, 5) is 16.0. The van der Waals surface area contributed by atoms with Crippen molar-refractivity contribution in [1.29, 1.82) is 0 Å². The second kappa shape index (κ2) is 3.88. The van der Waals surface area contributed by atoms with Crippen molar-refractivity contribution in [2.45, 2.75) is 6.92 Å². The molecule has 0 amide bonds. The number of pyridine rings is 1. The first kappa shape index (κ1) is 10.8. The highest BCUT2D eigenvalue weighted by molar-refractivity contribution is 7.14. The van der Waals surface area contributed by atoms with Crippen molar-refractivity contribution >= 4 is 23.0 Å². The smallest absolute Gasteiger partial charge is 0.337 e. The van der Waals surface area contributed by atoms with Crippen LogP contribution in [0.2, 0.25) is 0 Å². The van der Waals surface area contributed by atoms with Gasteiger partial charge in [-0.25, -0.2) is 9.78 Å². The Morgan fingerprint density at radius 3 is 2.89 bits per heavy atom. The van der Waals surface area contributed by atoms with Crippen molar-refractivity contribution in [3.8, 4) is 10.7 Å². The molecular weight excluding hydrogens is 252 g/mol. The van der Waals surface area contributed by atoms with Gasteiger partial charge in [0.2, 0.25) is 0 Å². The normalized spacial score (nSPS) is 10.9. The van der Waals surface area contributed by atoms with E-state index in [1.165, 1.54) is 23.6 Å². The predicted octanol–water partition coefficient (Wildman–Crippen LogP) is 1.86. The first-order valence-corrected chi connectivity index (χ1v) is 5.97. The van der Waals surface area contributed by atoms with Crippen LogP contribution in [0.3, 0.4) is 0 Å². The summed E-state index contributed by atoms with van der Waals surface area (Å²) < 4.78 is 1.66. The Morgan fingerprint density at radius 1 is 1.39 bits per heavy atom. The summed E-state index contributed by atoms with van der Waals surface area (Å²) in [6.07, 6.45) is 3.23. The SMILES string of the molecule is Cc1ncc(-c2nnc3ccc(C(=O)O)cn23)s1. The molecule has 3 rings (SSSR count). The van der Waals surface area contributed by atoms with Crippen molar-refractivity contribution in [3.63, 3.8) is 0 Å². The molecule has 0 fully saturated rings. The maximum atomic E-state index is 11.0. The zero-order chi connectivity index (χ0) is 12.7. The first-order valence-electron chi connectivity index (χ1n) is 5.16. The Bertz CT molecular complexity index is 746. The highest BCUT2D eigenvalue weighted by Gasteiger charge is 2.12. The lowest BCUT2D eigenvalue weighted by molar-refractivity contribution is 0.0696. The molecule has 0 saturated heterocycles. The van der Waals surface area contributed by atoms with Gasteiger partial charge in [0.25, 0.3) is 0 Å². The summed E-state index contributed by atoms with van der Waals surface area (Å²) in [6.45, 7) is 1.90.